The lowest BCUT2D eigenvalue weighted by Crippen LogP contribution is -2.59. The number of nitrogens with zero attached hydrogens (tertiary/aromatic N) is 3. The second kappa shape index (κ2) is 22.6. The third kappa shape index (κ3) is 14.1. The van der Waals surface area contributed by atoms with Crippen molar-refractivity contribution < 1.29 is 36.6 Å². The highest BCUT2D eigenvalue weighted by atomic mass is 32.1. The van der Waals surface area contributed by atoms with Gasteiger partial charge in [-0.15, -0.1) is 23.7 Å². The van der Waals surface area contributed by atoms with Gasteiger partial charge in [0.25, 0.3) is 5.91 Å². The number of aliphatic carboxylic acids is 1. The number of nitrogen functional groups attached to an aromatic ring is 1. The second-order valence-corrected chi connectivity index (χ2v) is 17.5. The van der Waals surface area contributed by atoms with E-state index in [9.17, 15) is 29.1 Å². The normalized spacial score (nSPS) is 17.8. The van der Waals surface area contributed by atoms with Gasteiger partial charge in [0.2, 0.25) is 11.8 Å². The number of aromatic nitrogens is 1. The summed E-state index contributed by atoms with van der Waals surface area (Å²) >= 11 is 1.13. The lowest BCUT2D eigenvalue weighted by Gasteiger charge is -2.40. The Kier molecular flexibility index (Phi) is 17.4. The van der Waals surface area contributed by atoms with Gasteiger partial charge in [-0.3, -0.25) is 28.9 Å². The van der Waals surface area contributed by atoms with Gasteiger partial charge in [0.15, 0.2) is 6.10 Å². The van der Waals surface area contributed by atoms with Crippen LogP contribution in [0.5, 0.6) is 0 Å². The number of carboxylic acids is 1. The van der Waals surface area contributed by atoms with Crippen molar-refractivity contribution in [2.45, 2.75) is 143 Å². The molecule has 0 saturated carbocycles. The van der Waals surface area contributed by atoms with Crippen LogP contribution >= 0.6 is 11.3 Å². The van der Waals surface area contributed by atoms with Crippen molar-refractivity contribution in [1.82, 2.24) is 25.4 Å². The summed E-state index contributed by atoms with van der Waals surface area (Å²) in [5.41, 5.74) is 5.17. The van der Waals surface area contributed by atoms with Crippen LogP contribution in [0.4, 0.5) is 5.69 Å². The molecule has 13 nitrogen and oxygen atoms in total. The van der Waals surface area contributed by atoms with Gasteiger partial charge in [-0.1, -0.05) is 52.7 Å². The van der Waals surface area contributed by atoms with Crippen LogP contribution in [-0.2, 0) is 30.3 Å². The first-order chi connectivity index (χ1) is 28.2. The van der Waals surface area contributed by atoms with E-state index in [0.717, 1.165) is 37.1 Å². The Morgan fingerprint density at radius 3 is 2.45 bits per heavy atom. The first-order valence-electron chi connectivity index (χ1n) is 21.5. The number of thiazole rings is 1. The van der Waals surface area contributed by atoms with Crippen LogP contribution in [0.2, 0.25) is 0 Å². The summed E-state index contributed by atoms with van der Waals surface area (Å²) in [5.74, 6) is -0.230. The molecule has 3 amide bonds. The maximum absolute atomic E-state index is 14.8. The van der Waals surface area contributed by atoms with E-state index in [-0.39, 0.29) is 72.4 Å². The van der Waals surface area contributed by atoms with Crippen LogP contribution in [0.25, 0.3) is 0 Å². The lowest BCUT2D eigenvalue weighted by atomic mass is 9.84. The predicted octanol–water partition coefficient (Wildman–Crippen LogP) is 6.23. The quantitative estimate of drug-likeness (QED) is 0.0459. The number of anilines is 1. The zero-order valence-electron chi connectivity index (χ0n) is 37.6. The second-order valence-electron chi connectivity index (χ2n) is 16.6. The van der Waals surface area contributed by atoms with Gasteiger partial charge in [0.1, 0.15) is 16.7 Å². The van der Waals surface area contributed by atoms with Crippen molar-refractivity contribution >= 4 is 46.7 Å². The minimum Gasteiger partial charge on any atom is -0.481 e. The van der Waals surface area contributed by atoms with Crippen molar-refractivity contribution in [3.63, 3.8) is 0 Å². The number of rotatable bonds is 22. The molecule has 2 aromatic rings. The van der Waals surface area contributed by atoms with E-state index in [1.165, 1.54) is 24.4 Å². The lowest BCUT2D eigenvalue weighted by molar-refractivity contribution is -0.150. The summed E-state index contributed by atoms with van der Waals surface area (Å²) in [7, 11) is 1.93. The number of nitrogens with two attached hydrogens (primary N) is 1. The van der Waals surface area contributed by atoms with Crippen LogP contribution in [0.1, 0.15) is 136 Å². The summed E-state index contributed by atoms with van der Waals surface area (Å²) in [6.07, 6.45) is 10.1. The Morgan fingerprint density at radius 1 is 1.17 bits per heavy atom. The van der Waals surface area contributed by atoms with Crippen LogP contribution in [0.3, 0.4) is 0 Å². The summed E-state index contributed by atoms with van der Waals surface area (Å²) in [6, 6.07) is 0.597. The van der Waals surface area contributed by atoms with E-state index in [1.807, 2.05) is 39.6 Å². The van der Waals surface area contributed by atoms with Crippen molar-refractivity contribution in [3.8, 4) is 12.3 Å². The summed E-state index contributed by atoms with van der Waals surface area (Å²) in [5, 5.41) is 17.8. The first-order valence-corrected chi connectivity index (χ1v) is 21.4. The fourth-order valence-corrected chi connectivity index (χ4v) is 8.19. The molecular formula is C44H66N6O7S. The molecule has 3 rings (SSSR count). The Bertz CT molecular complexity index is 1830. The maximum atomic E-state index is 14.8. The molecule has 1 fully saturated rings. The Labute approximate surface area is 352 Å². The third-order valence-electron chi connectivity index (χ3n) is 11.0. The van der Waals surface area contributed by atoms with Crippen LogP contribution in [0.15, 0.2) is 29.6 Å². The number of hydrogen-bond donors (Lipinski definition) is 4. The first kappa shape index (κ1) is 44.6. The van der Waals surface area contributed by atoms with E-state index in [1.54, 1.807) is 18.7 Å². The standard InChI is InChI=1S/C44H66N6O7S/c1-10-12-13-15-23-50(42(54)38(29(5)11-2)48-40(53)35-17-14-16-22-49(35)9)36(28(3)4)25-37(57-30(6)51)41-47-34(27-58-41)39(52)46-33(26-44(7,8)43(55)56)24-31-18-20-32(45)21-19-31/h1,18-21,27-29,33,35-38H,11-17,22-26,45H2,2-9H3,(H,46,52)(H,48,53)(H,55,56)/t29-,33-,35+,36+,37+,38-/m0/s1/i20D,21D. The van der Waals surface area contributed by atoms with E-state index >= 15 is 0 Å². The molecule has 0 unspecified atom stereocenters. The molecule has 0 radical (unpaired) electrons. The molecule has 0 aliphatic carbocycles. The average molecular weight is 825 g/mol. The van der Waals surface area contributed by atoms with Gasteiger partial charge in [-0.05, 0) is 95.4 Å². The van der Waals surface area contributed by atoms with Crippen LogP contribution in [-0.4, -0.2) is 93.9 Å². The number of terminal acetylenes is 1. The van der Waals surface area contributed by atoms with E-state index in [4.69, 9.17) is 19.6 Å². The van der Waals surface area contributed by atoms with Crippen molar-refractivity contribution in [2.24, 2.45) is 17.3 Å². The summed E-state index contributed by atoms with van der Waals surface area (Å²) < 4.78 is 22.2. The third-order valence-corrected chi connectivity index (χ3v) is 12.0. The highest BCUT2D eigenvalue weighted by Crippen LogP contribution is 2.32. The van der Waals surface area contributed by atoms with E-state index < -0.39 is 47.5 Å². The molecule has 0 bridgehead atoms. The van der Waals surface area contributed by atoms with Gasteiger partial charge >= 0.3 is 11.9 Å². The van der Waals surface area contributed by atoms with Crippen LogP contribution < -0.4 is 16.4 Å². The zero-order valence-corrected chi connectivity index (χ0v) is 36.4. The molecule has 58 heavy (non-hydrogen) atoms. The number of likely N-dealkylation sites (tertiary alicyclic amines) is 1. The number of carbonyl (C=O) groups excluding carboxylic acids is 4. The number of carbonyl (C=O) groups is 5. The largest absolute Gasteiger partial charge is 0.481 e. The predicted molar refractivity (Wildman–Crippen MR) is 228 cm³/mol. The monoisotopic (exact) mass is 824 g/mol. The molecular weight excluding hydrogens is 757 g/mol. The minimum atomic E-state index is -1.23. The van der Waals surface area contributed by atoms with Crippen molar-refractivity contribution in [3.05, 3.63) is 45.9 Å². The van der Waals surface area contributed by atoms with Gasteiger partial charge in [0.05, 0.1) is 14.2 Å². The number of hydrogen-bond acceptors (Lipinski definition) is 10. The number of esters is 1. The molecule has 1 aromatic carbocycles. The molecule has 6 atom stereocenters. The number of amides is 3. The molecule has 14 heteroatoms. The number of unbranched alkanes of at least 4 members (excludes halogenated alkanes) is 2. The highest BCUT2D eigenvalue weighted by Gasteiger charge is 2.39. The van der Waals surface area contributed by atoms with Crippen molar-refractivity contribution in [2.75, 3.05) is 25.9 Å². The molecule has 1 aliphatic heterocycles. The number of ether oxygens (including phenoxy) is 1. The van der Waals surface area contributed by atoms with E-state index in [2.05, 4.69) is 21.5 Å². The molecule has 0 spiro atoms. The average Bonchev–Trinajstić information content (AvgIpc) is 3.68. The molecule has 1 saturated heterocycles. The smallest absolute Gasteiger partial charge is 0.309 e. The van der Waals surface area contributed by atoms with Gasteiger partial charge in [-0.2, -0.15) is 0 Å². The molecule has 320 valence electrons. The number of benzene rings is 1. The van der Waals surface area contributed by atoms with E-state index in [0.29, 0.717) is 42.8 Å². The van der Waals surface area contributed by atoms with Crippen LogP contribution in [0, 0.1) is 29.6 Å². The molecule has 2 heterocycles. The zero-order chi connectivity index (χ0) is 44.9. The molecule has 5 N–H and O–H groups in total. The van der Waals surface area contributed by atoms with Gasteiger partial charge in [-0.25, -0.2) is 4.98 Å². The SMILES string of the molecule is [2H]c1cc(C[C@@H](CC(C)(C)C(=O)O)NC(=O)c2csc([C@@H](C[C@H](C(C)C)N(CCCCC#C)C(=O)[C@@H](NC(=O)[C@H]3CCCCN3C)[C@@H](C)CC)OC(C)=O)n2)cc([2H])c1N. The fourth-order valence-electron chi connectivity index (χ4n) is 7.35. The summed E-state index contributed by atoms with van der Waals surface area (Å²) in [6.45, 7) is 13.5. The Hall–Kier alpha value is -4.48. The highest BCUT2D eigenvalue weighted by molar-refractivity contribution is 7.09. The summed E-state index contributed by atoms with van der Waals surface area (Å²) in [4.78, 5) is 75.6. The van der Waals surface area contributed by atoms with Crippen molar-refractivity contribution in [1.29, 1.82) is 0 Å². The molecule has 1 aromatic heterocycles. The Morgan fingerprint density at radius 2 is 1.86 bits per heavy atom. The van der Waals surface area contributed by atoms with Gasteiger partial charge < -0.3 is 31.1 Å². The van der Waals surface area contributed by atoms with Gasteiger partial charge in [0, 0.05) is 49.5 Å². The topological polar surface area (TPSA) is 184 Å². The minimum absolute atomic E-state index is 0.0171. The fraction of sp³-hybridized carbons (Fsp3) is 0.636. The molecule has 1 aliphatic rings. The number of piperidine rings is 1. The number of likely N-dealkylation sites (N-methyl/N-ethyl adjacent to an activating group) is 1. The maximum Gasteiger partial charge on any atom is 0.309 e. The number of nitrogens with one attached hydrogen (secondary N) is 2. The number of carboxylic acid groups (broad SMARTS) is 1. The Balaban J connectivity index is 1.96.